The second-order valence-electron chi connectivity index (χ2n) is 3.43. The van der Waals surface area contributed by atoms with Gasteiger partial charge in [0.1, 0.15) is 0 Å². The van der Waals surface area contributed by atoms with Gasteiger partial charge >= 0.3 is 0 Å². The first-order valence-electron chi connectivity index (χ1n) is 5.15. The number of nitrogens with zero attached hydrogens (tertiary/aromatic N) is 1. The molecular weight excluding hydrogens is 266 g/mol. The van der Waals surface area contributed by atoms with Crippen LogP contribution in [0.25, 0.3) is 10.2 Å². The van der Waals surface area contributed by atoms with Gasteiger partial charge in [-0.3, -0.25) is 0 Å². The van der Waals surface area contributed by atoms with Gasteiger partial charge in [0, 0.05) is 9.79 Å². The highest BCUT2D eigenvalue weighted by molar-refractivity contribution is 8.76. The van der Waals surface area contributed by atoms with Gasteiger partial charge in [-0.25, -0.2) is 4.98 Å². The van der Waals surface area contributed by atoms with Gasteiger partial charge in [-0.2, -0.15) is 0 Å². The summed E-state index contributed by atoms with van der Waals surface area (Å²) in [6, 6.07) is 16.7. The Morgan fingerprint density at radius 2 is 1.76 bits per heavy atom. The molecule has 0 unspecified atom stereocenters. The zero-order valence-electron chi connectivity index (χ0n) is 8.87. The van der Waals surface area contributed by atoms with Crippen LogP contribution < -0.4 is 0 Å². The van der Waals surface area contributed by atoms with E-state index in [0.29, 0.717) is 0 Å². The topological polar surface area (TPSA) is 12.9 Å². The average molecular weight is 275 g/mol. The zero-order valence-corrected chi connectivity index (χ0v) is 11.3. The summed E-state index contributed by atoms with van der Waals surface area (Å²) in [5.74, 6) is 0. The van der Waals surface area contributed by atoms with E-state index in [-0.39, 0.29) is 0 Å². The molecule has 0 aliphatic rings. The number of thiazole rings is 1. The Morgan fingerprint density at radius 3 is 2.65 bits per heavy atom. The first-order valence-corrected chi connectivity index (χ1v) is 8.18. The Balaban J connectivity index is 1.84. The normalized spacial score (nSPS) is 10.8. The van der Waals surface area contributed by atoms with Crippen LogP contribution in [0.5, 0.6) is 0 Å². The monoisotopic (exact) mass is 275 g/mol. The second-order valence-corrected chi connectivity index (χ2v) is 6.57. The van der Waals surface area contributed by atoms with Crippen LogP contribution in [0.3, 0.4) is 0 Å². The lowest BCUT2D eigenvalue weighted by Crippen LogP contribution is -1.73. The molecule has 17 heavy (non-hydrogen) atoms. The number of rotatable bonds is 3. The standard InChI is InChI=1S/C13H9NS3/c1-2-5-10(6-3-1)16-17-12-8-4-7-11-13(12)14-9-15-11/h1-9H. The van der Waals surface area contributed by atoms with E-state index in [2.05, 4.69) is 47.4 Å². The maximum absolute atomic E-state index is 4.42. The molecule has 84 valence electrons. The summed E-state index contributed by atoms with van der Waals surface area (Å²) in [6.45, 7) is 0. The van der Waals surface area contributed by atoms with Crippen LogP contribution in [0.2, 0.25) is 0 Å². The Bertz CT molecular complexity index is 619. The number of fused-ring (bicyclic) bond motifs is 1. The Kier molecular flexibility index (Phi) is 3.36. The van der Waals surface area contributed by atoms with Crippen molar-refractivity contribution in [3.63, 3.8) is 0 Å². The van der Waals surface area contributed by atoms with Crippen molar-refractivity contribution >= 4 is 43.1 Å². The molecule has 3 rings (SSSR count). The van der Waals surface area contributed by atoms with Crippen LogP contribution in [-0.2, 0) is 0 Å². The molecule has 3 aromatic rings. The van der Waals surface area contributed by atoms with E-state index in [1.807, 2.05) is 11.6 Å². The number of aromatic nitrogens is 1. The lowest BCUT2D eigenvalue weighted by Gasteiger charge is -2.01. The molecule has 1 aromatic heterocycles. The van der Waals surface area contributed by atoms with Gasteiger partial charge in [0.2, 0.25) is 0 Å². The fraction of sp³-hybridized carbons (Fsp3) is 0. The third-order valence-electron chi connectivity index (χ3n) is 2.29. The van der Waals surface area contributed by atoms with Crippen LogP contribution >= 0.6 is 32.9 Å². The molecule has 0 saturated heterocycles. The fourth-order valence-corrected chi connectivity index (χ4v) is 4.39. The fourth-order valence-electron chi connectivity index (χ4n) is 1.50. The van der Waals surface area contributed by atoms with E-state index < -0.39 is 0 Å². The van der Waals surface area contributed by atoms with Crippen LogP contribution in [0.15, 0.2) is 63.8 Å². The van der Waals surface area contributed by atoms with Crippen molar-refractivity contribution < 1.29 is 0 Å². The van der Waals surface area contributed by atoms with Crippen molar-refractivity contribution in [3.8, 4) is 0 Å². The van der Waals surface area contributed by atoms with Crippen LogP contribution in [0.4, 0.5) is 0 Å². The lowest BCUT2D eigenvalue weighted by molar-refractivity contribution is 1.42. The highest BCUT2D eigenvalue weighted by atomic mass is 33.1. The summed E-state index contributed by atoms with van der Waals surface area (Å²) in [6.07, 6.45) is 0. The molecule has 0 saturated carbocycles. The van der Waals surface area contributed by atoms with E-state index in [1.54, 1.807) is 32.9 Å². The molecule has 1 heterocycles. The first kappa shape index (κ1) is 11.1. The molecule has 0 bridgehead atoms. The molecule has 1 nitrogen and oxygen atoms in total. The molecule has 0 spiro atoms. The maximum Gasteiger partial charge on any atom is 0.0956 e. The largest absolute Gasteiger partial charge is 0.243 e. The van der Waals surface area contributed by atoms with Crippen molar-refractivity contribution in [2.45, 2.75) is 9.79 Å². The zero-order chi connectivity index (χ0) is 11.5. The van der Waals surface area contributed by atoms with E-state index in [9.17, 15) is 0 Å². The molecule has 0 fully saturated rings. The summed E-state index contributed by atoms with van der Waals surface area (Å²) in [4.78, 5) is 6.92. The summed E-state index contributed by atoms with van der Waals surface area (Å²) in [5, 5.41) is 0. The van der Waals surface area contributed by atoms with Crippen molar-refractivity contribution in [2.75, 3.05) is 0 Å². The van der Waals surface area contributed by atoms with Crippen LogP contribution in [0.1, 0.15) is 0 Å². The van der Waals surface area contributed by atoms with Gasteiger partial charge < -0.3 is 0 Å². The van der Waals surface area contributed by atoms with Crippen molar-refractivity contribution in [2.24, 2.45) is 0 Å². The third kappa shape index (κ3) is 2.49. The molecule has 2 aromatic carbocycles. The molecule has 0 N–H and O–H groups in total. The van der Waals surface area contributed by atoms with Gasteiger partial charge in [-0.05, 0) is 24.3 Å². The second kappa shape index (κ2) is 5.12. The van der Waals surface area contributed by atoms with Crippen molar-refractivity contribution in [3.05, 3.63) is 54.0 Å². The Labute approximate surface area is 112 Å². The number of para-hydroxylation sites is 1. The maximum atomic E-state index is 4.42. The predicted octanol–water partition coefficient (Wildman–Crippen LogP) is 5.10. The SMILES string of the molecule is c1ccc(SSc2cccc3scnc23)cc1. The van der Waals surface area contributed by atoms with Gasteiger partial charge in [-0.1, -0.05) is 45.9 Å². The third-order valence-corrected chi connectivity index (χ3v) is 5.51. The number of hydrogen-bond acceptors (Lipinski definition) is 4. The van der Waals surface area contributed by atoms with E-state index in [4.69, 9.17) is 0 Å². The Morgan fingerprint density at radius 1 is 0.882 bits per heavy atom. The lowest BCUT2D eigenvalue weighted by atomic mass is 10.3. The molecule has 0 aliphatic heterocycles. The number of hydrogen-bond donors (Lipinski definition) is 0. The van der Waals surface area contributed by atoms with Crippen molar-refractivity contribution in [1.82, 2.24) is 4.98 Å². The van der Waals surface area contributed by atoms with E-state index in [0.717, 1.165) is 5.52 Å². The minimum absolute atomic E-state index is 1.12. The van der Waals surface area contributed by atoms with Gasteiger partial charge in [0.05, 0.1) is 15.7 Å². The van der Waals surface area contributed by atoms with Crippen LogP contribution in [-0.4, -0.2) is 4.98 Å². The van der Waals surface area contributed by atoms with Gasteiger partial charge in [-0.15, -0.1) is 11.3 Å². The van der Waals surface area contributed by atoms with Crippen molar-refractivity contribution in [1.29, 1.82) is 0 Å². The summed E-state index contributed by atoms with van der Waals surface area (Å²) < 4.78 is 1.25. The molecule has 0 aliphatic carbocycles. The summed E-state index contributed by atoms with van der Waals surface area (Å²) in [7, 11) is 3.54. The molecular formula is C13H9NS3. The van der Waals surface area contributed by atoms with E-state index >= 15 is 0 Å². The molecule has 0 radical (unpaired) electrons. The first-order chi connectivity index (χ1) is 8.43. The van der Waals surface area contributed by atoms with Crippen LogP contribution in [0, 0.1) is 0 Å². The number of benzene rings is 2. The van der Waals surface area contributed by atoms with E-state index in [1.165, 1.54) is 14.5 Å². The molecule has 0 atom stereocenters. The molecule has 0 amide bonds. The summed E-state index contributed by atoms with van der Waals surface area (Å²) in [5.41, 5.74) is 3.02. The smallest absolute Gasteiger partial charge is 0.0956 e. The minimum atomic E-state index is 1.12. The molecule has 4 heteroatoms. The quantitative estimate of drug-likeness (QED) is 0.617. The average Bonchev–Trinajstić information content (AvgIpc) is 2.86. The Hall–Kier alpha value is -0.970. The van der Waals surface area contributed by atoms with Gasteiger partial charge in [0.15, 0.2) is 0 Å². The highest BCUT2D eigenvalue weighted by Crippen LogP contribution is 2.40. The van der Waals surface area contributed by atoms with Gasteiger partial charge in [0.25, 0.3) is 0 Å². The predicted molar refractivity (Wildman–Crippen MR) is 77.8 cm³/mol. The minimum Gasteiger partial charge on any atom is -0.243 e. The summed E-state index contributed by atoms with van der Waals surface area (Å²) >= 11 is 1.69. The highest BCUT2D eigenvalue weighted by Gasteiger charge is 2.04.